The summed E-state index contributed by atoms with van der Waals surface area (Å²) in [6.45, 7) is 3.45. The molecule has 1 unspecified atom stereocenters. The summed E-state index contributed by atoms with van der Waals surface area (Å²) < 4.78 is 6.54. The van der Waals surface area contributed by atoms with E-state index in [9.17, 15) is 9.59 Å². The minimum atomic E-state index is -0.587. The summed E-state index contributed by atoms with van der Waals surface area (Å²) >= 11 is 6.09. The fourth-order valence-electron chi connectivity index (χ4n) is 4.04. The normalized spacial score (nSPS) is 16.4. The van der Waals surface area contributed by atoms with Crippen molar-refractivity contribution in [3.63, 3.8) is 0 Å². The maximum atomic E-state index is 13.8. The molecule has 1 aromatic carbocycles. The largest absolute Gasteiger partial charge is 0.481 e. The lowest BCUT2D eigenvalue weighted by atomic mass is 10.0. The SMILES string of the molecule is COc1ccc(N=C(C)C2=C(N)C(c3ccc(Cl)cc3)N(c3cc(C)c(=O)n(C)c3)C2=O)cn1. The molecule has 174 valence electrons. The van der Waals surface area contributed by atoms with Crippen LogP contribution in [0.1, 0.15) is 24.1 Å². The lowest BCUT2D eigenvalue weighted by Crippen LogP contribution is -2.33. The van der Waals surface area contributed by atoms with Crippen molar-refractivity contribution in [3.8, 4) is 5.88 Å². The Hall–Kier alpha value is -3.91. The Kier molecular flexibility index (Phi) is 6.26. The maximum Gasteiger partial charge on any atom is 0.262 e. The molecule has 3 aromatic rings. The van der Waals surface area contributed by atoms with E-state index in [4.69, 9.17) is 22.1 Å². The molecule has 0 bridgehead atoms. The Bertz CT molecular complexity index is 1350. The fraction of sp³-hybridized carbons (Fsp3) is 0.200. The number of carbonyl (C=O) groups is 1. The third-order valence-electron chi connectivity index (χ3n) is 5.67. The van der Waals surface area contributed by atoms with Crippen LogP contribution >= 0.6 is 11.6 Å². The number of benzene rings is 1. The Balaban J connectivity index is 1.85. The number of rotatable bonds is 5. The molecule has 0 saturated heterocycles. The van der Waals surface area contributed by atoms with Crippen LogP contribution in [-0.4, -0.2) is 28.3 Å². The molecule has 0 aliphatic carbocycles. The summed E-state index contributed by atoms with van der Waals surface area (Å²) in [4.78, 5) is 36.4. The lowest BCUT2D eigenvalue weighted by molar-refractivity contribution is -0.114. The second-order valence-corrected chi connectivity index (χ2v) is 8.45. The number of nitrogens with zero attached hydrogens (tertiary/aromatic N) is 4. The van der Waals surface area contributed by atoms with E-state index in [1.807, 2.05) is 12.1 Å². The molecule has 34 heavy (non-hydrogen) atoms. The molecular weight excluding hydrogens is 454 g/mol. The van der Waals surface area contributed by atoms with Gasteiger partial charge in [-0.1, -0.05) is 23.7 Å². The average molecular weight is 478 g/mol. The number of aliphatic imine (C=N–C) groups is 1. The van der Waals surface area contributed by atoms with Gasteiger partial charge in [0, 0.05) is 29.9 Å². The van der Waals surface area contributed by atoms with Crippen molar-refractivity contribution >= 4 is 34.6 Å². The molecule has 2 aromatic heterocycles. The van der Waals surface area contributed by atoms with Crippen molar-refractivity contribution in [1.82, 2.24) is 9.55 Å². The smallest absolute Gasteiger partial charge is 0.262 e. The van der Waals surface area contributed by atoms with Crippen LogP contribution in [-0.2, 0) is 11.8 Å². The second kappa shape index (κ2) is 9.15. The number of anilines is 1. The van der Waals surface area contributed by atoms with Gasteiger partial charge >= 0.3 is 0 Å². The van der Waals surface area contributed by atoms with E-state index in [1.54, 1.807) is 68.5 Å². The quantitative estimate of drug-likeness (QED) is 0.562. The van der Waals surface area contributed by atoms with Crippen molar-refractivity contribution in [1.29, 1.82) is 0 Å². The molecule has 0 radical (unpaired) electrons. The van der Waals surface area contributed by atoms with E-state index in [-0.39, 0.29) is 11.5 Å². The predicted molar refractivity (Wildman–Crippen MR) is 133 cm³/mol. The molecule has 2 N–H and O–H groups in total. The van der Waals surface area contributed by atoms with Crippen molar-refractivity contribution < 1.29 is 9.53 Å². The first kappa shape index (κ1) is 23.3. The van der Waals surface area contributed by atoms with E-state index in [0.717, 1.165) is 5.56 Å². The number of methoxy groups -OCH3 is 1. The Morgan fingerprint density at radius 2 is 1.88 bits per heavy atom. The molecule has 1 aliphatic rings. The number of ether oxygens (including phenoxy) is 1. The Morgan fingerprint density at radius 1 is 1.18 bits per heavy atom. The molecule has 8 nitrogen and oxygen atoms in total. The van der Waals surface area contributed by atoms with Crippen LogP contribution in [0.4, 0.5) is 11.4 Å². The van der Waals surface area contributed by atoms with Gasteiger partial charge in [0.15, 0.2) is 0 Å². The van der Waals surface area contributed by atoms with Gasteiger partial charge in [0.2, 0.25) is 5.88 Å². The summed E-state index contributed by atoms with van der Waals surface area (Å²) in [6.07, 6.45) is 3.19. The number of carbonyl (C=O) groups excluding carboxylic acids is 1. The molecule has 3 heterocycles. The number of halogens is 1. The Labute approximate surface area is 202 Å². The summed E-state index contributed by atoms with van der Waals surface area (Å²) in [6, 6.07) is 11.7. The Morgan fingerprint density at radius 3 is 2.47 bits per heavy atom. The summed E-state index contributed by atoms with van der Waals surface area (Å²) in [5.41, 5.74) is 10.0. The van der Waals surface area contributed by atoms with Crippen LogP contribution in [0.3, 0.4) is 0 Å². The van der Waals surface area contributed by atoms with Gasteiger partial charge in [-0.05, 0) is 43.7 Å². The maximum absolute atomic E-state index is 13.8. The predicted octanol–water partition coefficient (Wildman–Crippen LogP) is 3.84. The number of aryl methyl sites for hydroxylation is 2. The van der Waals surface area contributed by atoms with Crippen LogP contribution in [0.25, 0.3) is 0 Å². The highest BCUT2D eigenvalue weighted by molar-refractivity contribution is 6.30. The first-order valence-corrected chi connectivity index (χ1v) is 10.9. The third kappa shape index (κ3) is 4.20. The van der Waals surface area contributed by atoms with E-state index in [2.05, 4.69) is 9.98 Å². The third-order valence-corrected chi connectivity index (χ3v) is 5.93. The molecular formula is C25H24ClN5O3. The van der Waals surface area contributed by atoms with E-state index in [0.29, 0.717) is 44.8 Å². The average Bonchev–Trinajstić information content (AvgIpc) is 3.08. The standard InChI is InChI=1S/C25H24ClN5O3/c1-14-11-19(13-30(3)24(14)32)31-23(16-5-7-17(26)8-6-16)22(27)21(25(31)33)15(2)29-18-9-10-20(34-4)28-12-18/h5-13,23H,27H2,1-4H3. The van der Waals surface area contributed by atoms with Crippen LogP contribution in [0.15, 0.2) is 75.9 Å². The van der Waals surface area contributed by atoms with Gasteiger partial charge in [0.25, 0.3) is 11.5 Å². The zero-order valence-corrected chi connectivity index (χ0v) is 20.0. The first-order valence-electron chi connectivity index (χ1n) is 10.5. The number of amides is 1. The van der Waals surface area contributed by atoms with E-state index in [1.165, 1.54) is 11.7 Å². The molecule has 0 spiro atoms. The first-order chi connectivity index (χ1) is 16.2. The minimum Gasteiger partial charge on any atom is -0.481 e. The zero-order valence-electron chi connectivity index (χ0n) is 19.2. The summed E-state index contributed by atoms with van der Waals surface area (Å²) in [7, 11) is 3.18. The van der Waals surface area contributed by atoms with Gasteiger partial charge in [0.05, 0.1) is 41.7 Å². The number of nitrogens with two attached hydrogens (primary N) is 1. The summed E-state index contributed by atoms with van der Waals surface area (Å²) in [5.74, 6) is 0.157. The van der Waals surface area contributed by atoms with Crippen molar-refractivity contribution in [2.45, 2.75) is 19.9 Å². The molecule has 4 rings (SSSR count). The van der Waals surface area contributed by atoms with Gasteiger partial charge < -0.3 is 15.0 Å². The number of hydrogen-bond donors (Lipinski definition) is 1. The van der Waals surface area contributed by atoms with E-state index >= 15 is 0 Å². The molecule has 1 aliphatic heterocycles. The molecule has 1 atom stereocenters. The topological polar surface area (TPSA) is 103 Å². The van der Waals surface area contributed by atoms with Crippen molar-refractivity contribution in [2.24, 2.45) is 17.8 Å². The number of pyridine rings is 2. The van der Waals surface area contributed by atoms with Gasteiger partial charge in [-0.3, -0.25) is 19.5 Å². The van der Waals surface area contributed by atoms with Crippen molar-refractivity contribution in [3.05, 3.63) is 92.6 Å². The van der Waals surface area contributed by atoms with Gasteiger partial charge in [-0.2, -0.15) is 0 Å². The van der Waals surface area contributed by atoms with E-state index < -0.39 is 6.04 Å². The monoisotopic (exact) mass is 477 g/mol. The van der Waals surface area contributed by atoms with Gasteiger partial charge in [-0.25, -0.2) is 4.98 Å². The minimum absolute atomic E-state index is 0.135. The van der Waals surface area contributed by atoms with Crippen LogP contribution in [0, 0.1) is 6.92 Å². The molecule has 0 saturated carbocycles. The van der Waals surface area contributed by atoms with Gasteiger partial charge in [0.1, 0.15) is 6.04 Å². The highest BCUT2D eigenvalue weighted by Gasteiger charge is 2.41. The lowest BCUT2D eigenvalue weighted by Gasteiger charge is -2.27. The zero-order chi connectivity index (χ0) is 24.6. The van der Waals surface area contributed by atoms with Gasteiger partial charge in [-0.15, -0.1) is 0 Å². The summed E-state index contributed by atoms with van der Waals surface area (Å²) in [5, 5.41) is 0.574. The molecule has 0 fully saturated rings. The molecule has 9 heteroatoms. The molecule has 1 amide bonds. The number of hydrogen-bond acceptors (Lipinski definition) is 6. The van der Waals surface area contributed by atoms with Crippen LogP contribution in [0.5, 0.6) is 5.88 Å². The fourth-order valence-corrected chi connectivity index (χ4v) is 4.16. The van der Waals surface area contributed by atoms with Crippen molar-refractivity contribution in [2.75, 3.05) is 12.0 Å². The number of aromatic nitrogens is 2. The highest BCUT2D eigenvalue weighted by atomic mass is 35.5. The highest BCUT2D eigenvalue weighted by Crippen LogP contribution is 2.40. The second-order valence-electron chi connectivity index (χ2n) is 8.01. The van der Waals surface area contributed by atoms with Crippen LogP contribution in [0.2, 0.25) is 5.02 Å². The van der Waals surface area contributed by atoms with Crippen LogP contribution < -0.4 is 20.9 Å².